The lowest BCUT2D eigenvalue weighted by molar-refractivity contribution is 0.0319. The summed E-state index contributed by atoms with van der Waals surface area (Å²) in [5.41, 5.74) is 1.57. The first-order valence-electron chi connectivity index (χ1n) is 9.43. The van der Waals surface area contributed by atoms with Gasteiger partial charge in [0.25, 0.3) is 5.91 Å². The van der Waals surface area contributed by atoms with E-state index in [0.717, 1.165) is 0 Å². The fraction of sp³-hybridized carbons (Fsp3) is 0.125. The van der Waals surface area contributed by atoms with Crippen molar-refractivity contribution >= 4 is 34.9 Å². The first kappa shape index (κ1) is 22.1. The van der Waals surface area contributed by atoms with E-state index in [1.807, 2.05) is 0 Å². The number of hydrogen-bond acceptors (Lipinski definition) is 5. The van der Waals surface area contributed by atoms with Crippen LogP contribution in [0.15, 0.2) is 72.8 Å². The van der Waals surface area contributed by atoms with Crippen LogP contribution in [0.25, 0.3) is 0 Å². The number of Topliss-reactive ketones (excluding diaryl/α,β-unsaturated/α-hetero) is 1. The van der Waals surface area contributed by atoms with Gasteiger partial charge < -0.3 is 14.8 Å². The quantitative estimate of drug-likeness (QED) is 0.414. The first-order valence-corrected chi connectivity index (χ1v) is 9.81. The Kier molecular flexibility index (Phi) is 7.05. The number of rotatable bonds is 7. The number of benzene rings is 3. The van der Waals surface area contributed by atoms with Crippen LogP contribution < -0.4 is 10.1 Å². The second-order valence-corrected chi connectivity index (χ2v) is 7.12. The maximum absolute atomic E-state index is 12.4. The van der Waals surface area contributed by atoms with Crippen molar-refractivity contribution in [2.24, 2.45) is 0 Å². The molecule has 7 heteroatoms. The number of amides is 1. The van der Waals surface area contributed by atoms with Gasteiger partial charge in [0, 0.05) is 21.8 Å². The number of ether oxygens (including phenoxy) is 2. The zero-order valence-electron chi connectivity index (χ0n) is 16.9. The van der Waals surface area contributed by atoms with Crippen molar-refractivity contribution in [1.82, 2.24) is 0 Å². The average Bonchev–Trinajstić information content (AvgIpc) is 2.79. The molecule has 1 amide bonds. The van der Waals surface area contributed by atoms with Crippen LogP contribution in [-0.4, -0.2) is 30.9 Å². The van der Waals surface area contributed by atoms with Crippen LogP contribution in [0.1, 0.15) is 38.0 Å². The number of carbonyl (C=O) groups excluding carboxylic acids is 3. The lowest BCUT2D eigenvalue weighted by atomic mass is 10.1. The molecule has 0 aliphatic carbocycles. The minimum absolute atomic E-state index is 0.255. The second-order valence-electron chi connectivity index (χ2n) is 6.69. The summed E-state index contributed by atoms with van der Waals surface area (Å²) < 4.78 is 10.4. The van der Waals surface area contributed by atoms with E-state index in [-0.39, 0.29) is 17.3 Å². The van der Waals surface area contributed by atoms with Crippen molar-refractivity contribution in [2.45, 2.75) is 13.0 Å². The highest BCUT2D eigenvalue weighted by molar-refractivity contribution is 6.31. The normalized spacial score (nSPS) is 11.3. The summed E-state index contributed by atoms with van der Waals surface area (Å²) in [6.45, 7) is 1.50. The molecule has 0 fully saturated rings. The fourth-order valence-electron chi connectivity index (χ4n) is 2.82. The molecule has 0 saturated heterocycles. The molecular weight excluding hydrogens is 418 g/mol. The molecule has 1 N–H and O–H groups in total. The summed E-state index contributed by atoms with van der Waals surface area (Å²) in [6, 6.07) is 19.4. The van der Waals surface area contributed by atoms with Crippen LogP contribution in [0.5, 0.6) is 5.75 Å². The molecule has 158 valence electrons. The minimum Gasteiger partial charge on any atom is -0.497 e. The highest BCUT2D eigenvalue weighted by atomic mass is 35.5. The molecule has 0 bridgehead atoms. The third-order valence-corrected chi connectivity index (χ3v) is 4.71. The maximum atomic E-state index is 12.4. The Bertz CT molecular complexity index is 1110. The van der Waals surface area contributed by atoms with Gasteiger partial charge in [0.15, 0.2) is 6.10 Å². The molecule has 1 atom stereocenters. The Morgan fingerprint density at radius 3 is 2.23 bits per heavy atom. The highest BCUT2D eigenvalue weighted by Gasteiger charge is 2.20. The summed E-state index contributed by atoms with van der Waals surface area (Å²) in [7, 11) is 1.53. The van der Waals surface area contributed by atoms with E-state index in [0.29, 0.717) is 27.6 Å². The van der Waals surface area contributed by atoms with Crippen LogP contribution in [0.3, 0.4) is 0 Å². The van der Waals surface area contributed by atoms with Crippen molar-refractivity contribution < 1.29 is 23.9 Å². The van der Waals surface area contributed by atoms with E-state index in [2.05, 4.69) is 5.32 Å². The number of esters is 1. The average molecular weight is 438 g/mol. The van der Waals surface area contributed by atoms with Crippen molar-refractivity contribution in [1.29, 1.82) is 0 Å². The molecule has 0 spiro atoms. The molecule has 3 aromatic carbocycles. The molecule has 31 heavy (non-hydrogen) atoms. The molecule has 0 aliphatic rings. The molecule has 0 heterocycles. The first-order chi connectivity index (χ1) is 14.9. The molecule has 6 nitrogen and oxygen atoms in total. The second kappa shape index (κ2) is 9.91. The van der Waals surface area contributed by atoms with Crippen LogP contribution in [0.2, 0.25) is 5.02 Å². The van der Waals surface area contributed by atoms with E-state index < -0.39 is 12.1 Å². The molecule has 3 aromatic rings. The lowest BCUT2D eigenvalue weighted by Crippen LogP contribution is -2.24. The highest BCUT2D eigenvalue weighted by Crippen LogP contribution is 2.17. The predicted octanol–water partition coefficient (Wildman–Crippen LogP) is 5.03. The Labute approximate surface area is 184 Å². The van der Waals surface area contributed by atoms with Gasteiger partial charge in [-0.05, 0) is 61.5 Å². The maximum Gasteiger partial charge on any atom is 0.338 e. The Morgan fingerprint density at radius 2 is 1.55 bits per heavy atom. The van der Waals surface area contributed by atoms with Gasteiger partial charge >= 0.3 is 5.97 Å². The zero-order valence-corrected chi connectivity index (χ0v) is 17.7. The van der Waals surface area contributed by atoms with Crippen molar-refractivity contribution in [3.63, 3.8) is 0 Å². The molecule has 0 unspecified atom stereocenters. The van der Waals surface area contributed by atoms with Gasteiger partial charge in [0.1, 0.15) is 5.75 Å². The Hall–Kier alpha value is -3.64. The monoisotopic (exact) mass is 437 g/mol. The number of ketones is 1. The van der Waals surface area contributed by atoms with E-state index in [4.69, 9.17) is 21.1 Å². The zero-order chi connectivity index (χ0) is 22.4. The van der Waals surface area contributed by atoms with Crippen LogP contribution in [-0.2, 0) is 4.74 Å². The lowest BCUT2D eigenvalue weighted by Gasteiger charge is -2.13. The summed E-state index contributed by atoms with van der Waals surface area (Å²) in [5.74, 6) is -0.728. The predicted molar refractivity (Wildman–Crippen MR) is 118 cm³/mol. The van der Waals surface area contributed by atoms with Gasteiger partial charge in [-0.1, -0.05) is 29.8 Å². The largest absolute Gasteiger partial charge is 0.497 e. The number of carbonyl (C=O) groups is 3. The smallest absolute Gasteiger partial charge is 0.338 e. The van der Waals surface area contributed by atoms with Gasteiger partial charge in [-0.3, -0.25) is 9.59 Å². The van der Waals surface area contributed by atoms with E-state index in [1.54, 1.807) is 54.6 Å². The third-order valence-electron chi connectivity index (χ3n) is 4.47. The number of nitrogens with one attached hydrogen (secondary N) is 1. The van der Waals surface area contributed by atoms with Crippen LogP contribution in [0.4, 0.5) is 5.69 Å². The SMILES string of the molecule is COc1cccc(C(=O)Nc2ccc(C(=O)O[C@@H](C)C(=O)c3cccc(Cl)c3)cc2)c1. The van der Waals surface area contributed by atoms with Crippen molar-refractivity contribution in [2.75, 3.05) is 12.4 Å². The topological polar surface area (TPSA) is 81.7 Å². The van der Waals surface area contributed by atoms with Gasteiger partial charge in [-0.25, -0.2) is 4.79 Å². The van der Waals surface area contributed by atoms with Gasteiger partial charge in [0.2, 0.25) is 5.78 Å². The van der Waals surface area contributed by atoms with Crippen LogP contribution >= 0.6 is 11.6 Å². The summed E-state index contributed by atoms with van der Waals surface area (Å²) >= 11 is 5.90. The minimum atomic E-state index is -0.974. The summed E-state index contributed by atoms with van der Waals surface area (Å²) in [5, 5.41) is 3.18. The van der Waals surface area contributed by atoms with Crippen molar-refractivity contribution in [3.8, 4) is 5.75 Å². The molecule has 0 radical (unpaired) electrons. The van der Waals surface area contributed by atoms with Crippen molar-refractivity contribution in [3.05, 3.63) is 94.5 Å². The molecule has 0 saturated carbocycles. The standard InChI is InChI=1S/C24H20ClNO5/c1-15(22(27)17-5-3-7-19(25)13-17)31-24(29)16-9-11-20(12-10-16)26-23(28)18-6-4-8-21(14-18)30-2/h3-15H,1-2H3,(H,26,28)/t15-/m0/s1. The van der Waals surface area contributed by atoms with E-state index in [1.165, 1.54) is 32.2 Å². The molecular formula is C24H20ClNO5. The van der Waals surface area contributed by atoms with E-state index >= 15 is 0 Å². The third kappa shape index (κ3) is 5.71. The number of anilines is 1. The Balaban J connectivity index is 1.61. The van der Waals surface area contributed by atoms with Gasteiger partial charge in [-0.2, -0.15) is 0 Å². The number of hydrogen-bond donors (Lipinski definition) is 1. The number of halogens is 1. The molecule has 3 rings (SSSR count). The van der Waals surface area contributed by atoms with Gasteiger partial charge in [-0.15, -0.1) is 0 Å². The Morgan fingerprint density at radius 1 is 0.871 bits per heavy atom. The summed E-state index contributed by atoms with van der Waals surface area (Å²) in [4.78, 5) is 37.2. The molecule has 0 aliphatic heterocycles. The summed E-state index contributed by atoms with van der Waals surface area (Å²) in [6.07, 6.45) is -0.974. The van der Waals surface area contributed by atoms with Gasteiger partial charge in [0.05, 0.1) is 12.7 Å². The van der Waals surface area contributed by atoms with Crippen LogP contribution in [0, 0.1) is 0 Å². The molecule has 0 aromatic heterocycles. The fourth-order valence-corrected chi connectivity index (χ4v) is 3.01. The van der Waals surface area contributed by atoms with E-state index in [9.17, 15) is 14.4 Å². The number of methoxy groups -OCH3 is 1.